The fourth-order valence-electron chi connectivity index (χ4n) is 3.56. The van der Waals surface area contributed by atoms with Crippen molar-refractivity contribution in [1.29, 1.82) is 0 Å². The maximum absolute atomic E-state index is 12.6. The molecule has 0 bridgehead atoms. The van der Waals surface area contributed by atoms with Crippen molar-refractivity contribution in [3.63, 3.8) is 0 Å². The molecule has 1 aromatic heterocycles. The molecule has 0 unspecified atom stereocenters. The Morgan fingerprint density at radius 2 is 2.06 bits per heavy atom. The van der Waals surface area contributed by atoms with E-state index in [1.54, 1.807) is 32.0 Å². The summed E-state index contributed by atoms with van der Waals surface area (Å²) in [5.41, 5.74) is 1.92. The molecule has 164 valence electrons. The number of carbonyl (C=O) groups is 2. The smallest absolute Gasteiger partial charge is 0.265 e. The minimum atomic E-state index is -0.558. The molecule has 2 aliphatic heterocycles. The van der Waals surface area contributed by atoms with Crippen LogP contribution in [-0.2, 0) is 20.7 Å². The minimum Gasteiger partial charge on any atom is -0.479 e. The molecular weight excluding hydrogens is 402 g/mol. The summed E-state index contributed by atoms with van der Waals surface area (Å²) in [6, 6.07) is 5.05. The van der Waals surface area contributed by atoms with Crippen LogP contribution in [0, 0.1) is 6.92 Å². The number of aryl methyl sites for hydroxylation is 1. The summed E-state index contributed by atoms with van der Waals surface area (Å²) in [7, 11) is 0. The number of carbonyl (C=O) groups excluding carboxylic acids is 2. The SMILES string of the molecule is Cc1nc(N2CCOCC2)[nH]c(=O)c1CCC(=O)Nc1ccc2c(c1)NC(=O)[C@@H](C)O2. The first kappa shape index (κ1) is 20.9. The molecular formula is C21H25N5O5. The summed E-state index contributed by atoms with van der Waals surface area (Å²) in [5, 5.41) is 5.54. The highest BCUT2D eigenvalue weighted by atomic mass is 16.5. The fourth-order valence-corrected chi connectivity index (χ4v) is 3.56. The second-order valence-electron chi connectivity index (χ2n) is 7.56. The minimum absolute atomic E-state index is 0.124. The number of aromatic nitrogens is 2. The van der Waals surface area contributed by atoms with Crippen LogP contribution >= 0.6 is 0 Å². The van der Waals surface area contributed by atoms with Crippen LogP contribution in [0.3, 0.4) is 0 Å². The van der Waals surface area contributed by atoms with Crippen molar-refractivity contribution in [3.8, 4) is 5.75 Å². The molecule has 2 amide bonds. The average Bonchev–Trinajstić information content (AvgIpc) is 2.74. The van der Waals surface area contributed by atoms with E-state index in [1.165, 1.54) is 0 Å². The second-order valence-corrected chi connectivity index (χ2v) is 7.56. The Morgan fingerprint density at radius 3 is 2.81 bits per heavy atom. The Labute approximate surface area is 179 Å². The van der Waals surface area contributed by atoms with E-state index in [0.717, 1.165) is 0 Å². The van der Waals surface area contributed by atoms with Gasteiger partial charge >= 0.3 is 0 Å². The van der Waals surface area contributed by atoms with Gasteiger partial charge in [0, 0.05) is 36.5 Å². The maximum atomic E-state index is 12.6. The first-order valence-corrected chi connectivity index (χ1v) is 10.2. The summed E-state index contributed by atoms with van der Waals surface area (Å²) in [6.45, 7) is 5.99. The van der Waals surface area contributed by atoms with Crippen molar-refractivity contribution in [1.82, 2.24) is 9.97 Å². The van der Waals surface area contributed by atoms with E-state index < -0.39 is 6.10 Å². The molecule has 1 aromatic carbocycles. The number of nitrogens with zero attached hydrogens (tertiary/aromatic N) is 2. The molecule has 3 N–H and O–H groups in total. The van der Waals surface area contributed by atoms with E-state index >= 15 is 0 Å². The van der Waals surface area contributed by atoms with E-state index in [-0.39, 0.29) is 30.2 Å². The number of aromatic amines is 1. The van der Waals surface area contributed by atoms with Gasteiger partial charge in [0.25, 0.3) is 11.5 Å². The molecule has 0 radical (unpaired) electrons. The van der Waals surface area contributed by atoms with Gasteiger partial charge in [0.1, 0.15) is 5.75 Å². The molecule has 2 aliphatic rings. The molecule has 1 saturated heterocycles. The van der Waals surface area contributed by atoms with E-state index in [2.05, 4.69) is 20.6 Å². The van der Waals surface area contributed by atoms with Gasteiger partial charge in [-0.25, -0.2) is 4.98 Å². The molecule has 10 nitrogen and oxygen atoms in total. The summed E-state index contributed by atoms with van der Waals surface area (Å²) < 4.78 is 10.8. The van der Waals surface area contributed by atoms with Crippen molar-refractivity contribution in [2.45, 2.75) is 32.8 Å². The molecule has 0 aliphatic carbocycles. The van der Waals surface area contributed by atoms with Gasteiger partial charge in [0.2, 0.25) is 11.9 Å². The molecule has 1 fully saturated rings. The predicted octanol–water partition coefficient (Wildman–Crippen LogP) is 1.21. The molecule has 3 heterocycles. The van der Waals surface area contributed by atoms with Gasteiger partial charge in [0.15, 0.2) is 6.10 Å². The first-order valence-electron chi connectivity index (χ1n) is 10.2. The maximum Gasteiger partial charge on any atom is 0.265 e. The number of hydrogen-bond acceptors (Lipinski definition) is 7. The Bertz CT molecular complexity index is 1060. The second kappa shape index (κ2) is 8.76. The van der Waals surface area contributed by atoms with Crippen LogP contribution < -0.4 is 25.8 Å². The van der Waals surface area contributed by atoms with Gasteiger partial charge in [-0.05, 0) is 38.5 Å². The summed E-state index contributed by atoms with van der Waals surface area (Å²) in [6.07, 6.45) is -0.164. The van der Waals surface area contributed by atoms with Gasteiger partial charge in [0.05, 0.1) is 18.9 Å². The third kappa shape index (κ3) is 4.69. The number of anilines is 3. The summed E-state index contributed by atoms with van der Waals surface area (Å²) in [5.74, 6) is 0.608. The van der Waals surface area contributed by atoms with Crippen LogP contribution in [-0.4, -0.2) is 54.2 Å². The molecule has 4 rings (SSSR count). The third-order valence-corrected chi connectivity index (χ3v) is 5.32. The number of amides is 2. The first-order chi connectivity index (χ1) is 14.9. The highest BCUT2D eigenvalue weighted by Gasteiger charge is 2.23. The fraction of sp³-hybridized carbons (Fsp3) is 0.429. The lowest BCUT2D eigenvalue weighted by Crippen LogP contribution is -2.38. The lowest BCUT2D eigenvalue weighted by atomic mass is 10.1. The zero-order chi connectivity index (χ0) is 22.0. The van der Waals surface area contributed by atoms with Crippen LogP contribution in [0.1, 0.15) is 24.6 Å². The number of H-pyrrole nitrogens is 1. The van der Waals surface area contributed by atoms with E-state index in [9.17, 15) is 14.4 Å². The normalized spacial score (nSPS) is 18.1. The molecule has 0 spiro atoms. The third-order valence-electron chi connectivity index (χ3n) is 5.32. The monoisotopic (exact) mass is 427 g/mol. The number of nitrogens with one attached hydrogen (secondary N) is 3. The van der Waals surface area contributed by atoms with Gasteiger partial charge in [-0.3, -0.25) is 19.4 Å². The quantitative estimate of drug-likeness (QED) is 0.655. The van der Waals surface area contributed by atoms with Crippen molar-refractivity contribution in [2.75, 3.05) is 41.8 Å². The average molecular weight is 427 g/mol. The molecule has 1 atom stereocenters. The van der Waals surface area contributed by atoms with Crippen molar-refractivity contribution >= 4 is 29.1 Å². The highest BCUT2D eigenvalue weighted by molar-refractivity contribution is 5.99. The standard InChI is InChI=1S/C21H25N5O5/c1-12-15(20(29)25-21(22-12)26-7-9-30-10-8-26)4-6-18(27)23-14-3-5-17-16(11-14)24-19(28)13(2)31-17/h3,5,11,13H,4,6-10H2,1-2H3,(H,23,27)(H,24,28)(H,22,25,29)/t13-/m1/s1. The molecule has 31 heavy (non-hydrogen) atoms. The molecule has 2 aromatic rings. The van der Waals surface area contributed by atoms with Gasteiger partial charge < -0.3 is 25.0 Å². The van der Waals surface area contributed by atoms with E-state index in [1.807, 2.05) is 4.90 Å². The van der Waals surface area contributed by atoms with E-state index in [0.29, 0.717) is 60.6 Å². The molecule has 10 heteroatoms. The largest absolute Gasteiger partial charge is 0.479 e. The lowest BCUT2D eigenvalue weighted by Gasteiger charge is -2.27. The number of benzene rings is 1. The molecule has 0 saturated carbocycles. The number of morpholine rings is 1. The summed E-state index contributed by atoms with van der Waals surface area (Å²) >= 11 is 0. The number of rotatable bonds is 5. The van der Waals surface area contributed by atoms with Crippen LogP contribution in [0.15, 0.2) is 23.0 Å². The van der Waals surface area contributed by atoms with E-state index in [4.69, 9.17) is 9.47 Å². The zero-order valence-electron chi connectivity index (χ0n) is 17.5. The van der Waals surface area contributed by atoms with Crippen LogP contribution in [0.5, 0.6) is 5.75 Å². The van der Waals surface area contributed by atoms with Crippen molar-refractivity contribution in [3.05, 3.63) is 39.8 Å². The zero-order valence-corrected chi connectivity index (χ0v) is 17.5. The number of fused-ring (bicyclic) bond motifs is 1. The number of ether oxygens (including phenoxy) is 2. The van der Waals surface area contributed by atoms with Crippen LogP contribution in [0.4, 0.5) is 17.3 Å². The Morgan fingerprint density at radius 1 is 1.29 bits per heavy atom. The Balaban J connectivity index is 1.38. The van der Waals surface area contributed by atoms with Crippen LogP contribution in [0.2, 0.25) is 0 Å². The van der Waals surface area contributed by atoms with Crippen molar-refractivity contribution in [2.24, 2.45) is 0 Å². The van der Waals surface area contributed by atoms with Gasteiger partial charge in [-0.2, -0.15) is 0 Å². The summed E-state index contributed by atoms with van der Waals surface area (Å²) in [4.78, 5) is 46.1. The van der Waals surface area contributed by atoms with Crippen LogP contribution in [0.25, 0.3) is 0 Å². The number of hydrogen-bond donors (Lipinski definition) is 3. The Hall–Kier alpha value is -3.40. The van der Waals surface area contributed by atoms with Gasteiger partial charge in [-0.1, -0.05) is 0 Å². The topological polar surface area (TPSA) is 126 Å². The Kier molecular flexibility index (Phi) is 5.90. The predicted molar refractivity (Wildman–Crippen MR) is 115 cm³/mol. The highest BCUT2D eigenvalue weighted by Crippen LogP contribution is 2.32. The van der Waals surface area contributed by atoms with Gasteiger partial charge in [-0.15, -0.1) is 0 Å². The lowest BCUT2D eigenvalue weighted by molar-refractivity contribution is -0.122. The van der Waals surface area contributed by atoms with Crippen molar-refractivity contribution < 1.29 is 19.1 Å².